The van der Waals surface area contributed by atoms with Gasteiger partial charge in [0.25, 0.3) is 5.91 Å². The van der Waals surface area contributed by atoms with Gasteiger partial charge in [0, 0.05) is 11.9 Å². The number of pyridine rings is 1. The van der Waals surface area contributed by atoms with Gasteiger partial charge in [-0.05, 0) is 61.0 Å². The van der Waals surface area contributed by atoms with Crippen LogP contribution in [0.5, 0.6) is 5.75 Å². The fraction of sp³-hybridized carbons (Fsp3) is 0.100. The molecule has 1 heterocycles. The molecule has 2 aromatic carbocycles. The van der Waals surface area contributed by atoms with E-state index >= 15 is 0 Å². The number of aryl methyl sites for hydroxylation is 1. The zero-order chi connectivity index (χ0) is 20.3. The molecule has 8 heteroatoms. The molecule has 0 aliphatic heterocycles. The van der Waals surface area contributed by atoms with Crippen LogP contribution in [0, 0.1) is 12.7 Å². The number of carbonyl (C=O) groups is 1. The third-order valence-corrected chi connectivity index (χ3v) is 5.76. The zero-order valence-corrected chi connectivity index (χ0v) is 16.0. The van der Waals surface area contributed by atoms with Crippen LogP contribution in [0.1, 0.15) is 15.9 Å². The molecular weight excluding hydrogens is 383 g/mol. The second kappa shape index (κ2) is 7.77. The van der Waals surface area contributed by atoms with Gasteiger partial charge in [0.15, 0.2) is 5.03 Å². The van der Waals surface area contributed by atoms with Gasteiger partial charge in [-0.15, -0.1) is 0 Å². The highest BCUT2D eigenvalue weighted by molar-refractivity contribution is 7.91. The fourth-order valence-electron chi connectivity index (χ4n) is 2.42. The largest absolute Gasteiger partial charge is 0.497 e. The Labute approximate surface area is 161 Å². The Bertz CT molecular complexity index is 1110. The minimum absolute atomic E-state index is 0.0631. The molecule has 1 amide bonds. The number of carbonyl (C=O) groups excluding carboxylic acids is 1. The number of halogens is 1. The molecule has 0 atom stereocenters. The second-order valence-corrected chi connectivity index (χ2v) is 7.88. The van der Waals surface area contributed by atoms with E-state index in [9.17, 15) is 17.6 Å². The van der Waals surface area contributed by atoms with Gasteiger partial charge in [0.1, 0.15) is 11.6 Å². The summed E-state index contributed by atoms with van der Waals surface area (Å²) in [5.41, 5.74) is 0.908. The molecule has 6 nitrogen and oxygen atoms in total. The van der Waals surface area contributed by atoms with Crippen molar-refractivity contribution in [2.75, 3.05) is 12.4 Å². The first-order valence-electron chi connectivity index (χ1n) is 8.24. The Kier molecular flexibility index (Phi) is 5.41. The van der Waals surface area contributed by atoms with Crippen molar-refractivity contribution in [3.8, 4) is 5.75 Å². The first-order valence-corrected chi connectivity index (χ1v) is 9.72. The zero-order valence-electron chi connectivity index (χ0n) is 15.1. The number of sulfone groups is 1. The Hall–Kier alpha value is -3.26. The molecule has 144 valence electrons. The van der Waals surface area contributed by atoms with Crippen molar-refractivity contribution in [3.63, 3.8) is 0 Å². The minimum atomic E-state index is -3.82. The van der Waals surface area contributed by atoms with Crippen LogP contribution in [0.2, 0.25) is 0 Å². The van der Waals surface area contributed by atoms with E-state index in [0.717, 1.165) is 6.20 Å². The SMILES string of the molecule is COc1ccc(S(=O)(=O)c2ccc(C(=O)Nc3ccc(C)c(F)c3)cn2)cc1. The highest BCUT2D eigenvalue weighted by atomic mass is 32.2. The number of nitrogens with one attached hydrogen (secondary N) is 1. The van der Waals surface area contributed by atoms with Gasteiger partial charge in [-0.2, -0.15) is 0 Å². The summed E-state index contributed by atoms with van der Waals surface area (Å²) < 4.78 is 43.9. The number of benzene rings is 2. The van der Waals surface area contributed by atoms with Crippen molar-refractivity contribution >= 4 is 21.4 Å². The number of rotatable bonds is 5. The highest BCUT2D eigenvalue weighted by Crippen LogP contribution is 2.22. The van der Waals surface area contributed by atoms with E-state index in [1.807, 2.05) is 0 Å². The van der Waals surface area contributed by atoms with Crippen LogP contribution >= 0.6 is 0 Å². The summed E-state index contributed by atoms with van der Waals surface area (Å²) in [6.07, 6.45) is 1.16. The summed E-state index contributed by atoms with van der Waals surface area (Å²) in [5, 5.41) is 2.36. The van der Waals surface area contributed by atoms with E-state index < -0.39 is 21.6 Å². The van der Waals surface area contributed by atoms with Gasteiger partial charge in [0.2, 0.25) is 9.84 Å². The maximum absolute atomic E-state index is 13.6. The average molecular weight is 400 g/mol. The van der Waals surface area contributed by atoms with E-state index in [2.05, 4.69) is 10.3 Å². The number of ether oxygens (including phenoxy) is 1. The summed E-state index contributed by atoms with van der Waals surface area (Å²) in [6, 6.07) is 12.9. The first-order chi connectivity index (χ1) is 13.3. The van der Waals surface area contributed by atoms with Crippen molar-refractivity contribution in [1.29, 1.82) is 0 Å². The van der Waals surface area contributed by atoms with Crippen LogP contribution in [-0.4, -0.2) is 26.4 Å². The molecule has 0 bridgehead atoms. The van der Waals surface area contributed by atoms with Crippen molar-refractivity contribution in [2.45, 2.75) is 16.8 Å². The quantitative estimate of drug-likeness (QED) is 0.707. The predicted molar refractivity (Wildman–Crippen MR) is 102 cm³/mol. The number of amides is 1. The maximum atomic E-state index is 13.6. The lowest BCUT2D eigenvalue weighted by Gasteiger charge is -2.08. The van der Waals surface area contributed by atoms with E-state index in [-0.39, 0.29) is 15.5 Å². The van der Waals surface area contributed by atoms with Gasteiger partial charge in [-0.1, -0.05) is 6.07 Å². The fourth-order valence-corrected chi connectivity index (χ4v) is 3.60. The Morgan fingerprint density at radius 3 is 2.36 bits per heavy atom. The molecule has 0 spiro atoms. The summed E-state index contributed by atoms with van der Waals surface area (Å²) in [6.45, 7) is 1.62. The third-order valence-electron chi connectivity index (χ3n) is 4.07. The molecule has 0 radical (unpaired) electrons. The Balaban J connectivity index is 1.79. The molecular formula is C20H17FN2O4S. The average Bonchev–Trinajstić information content (AvgIpc) is 2.71. The number of hydrogen-bond donors (Lipinski definition) is 1. The normalized spacial score (nSPS) is 11.1. The first kappa shape index (κ1) is 19.5. The lowest BCUT2D eigenvalue weighted by Crippen LogP contribution is -2.13. The molecule has 1 N–H and O–H groups in total. The van der Waals surface area contributed by atoms with E-state index in [0.29, 0.717) is 17.0 Å². The van der Waals surface area contributed by atoms with Crippen LogP contribution in [-0.2, 0) is 9.84 Å². The molecule has 3 aromatic rings. The third kappa shape index (κ3) is 4.01. The molecule has 0 unspecified atom stereocenters. The monoisotopic (exact) mass is 400 g/mol. The van der Waals surface area contributed by atoms with Gasteiger partial charge < -0.3 is 10.1 Å². The summed E-state index contributed by atoms with van der Waals surface area (Å²) in [4.78, 5) is 16.2. The second-order valence-electron chi connectivity index (χ2n) is 5.98. The molecule has 0 fully saturated rings. The Morgan fingerprint density at radius 1 is 1.07 bits per heavy atom. The topological polar surface area (TPSA) is 85.4 Å². The molecule has 28 heavy (non-hydrogen) atoms. The standard InChI is InChI=1S/C20H17FN2O4S/c1-13-3-5-15(11-18(13)21)23-20(24)14-4-10-19(22-12-14)28(25,26)17-8-6-16(27-2)7-9-17/h3-12H,1-2H3,(H,23,24). The van der Waals surface area contributed by atoms with Crippen molar-refractivity contribution in [1.82, 2.24) is 4.98 Å². The van der Waals surface area contributed by atoms with Crippen LogP contribution in [0.25, 0.3) is 0 Å². The van der Waals surface area contributed by atoms with Crippen molar-refractivity contribution < 1.29 is 22.3 Å². The summed E-state index contributed by atoms with van der Waals surface area (Å²) in [7, 11) is -2.34. The molecule has 0 saturated heterocycles. The summed E-state index contributed by atoms with van der Waals surface area (Å²) >= 11 is 0. The van der Waals surface area contributed by atoms with Gasteiger partial charge in [0.05, 0.1) is 17.6 Å². The van der Waals surface area contributed by atoms with Crippen LogP contribution in [0.15, 0.2) is 70.7 Å². The molecule has 0 saturated carbocycles. The lowest BCUT2D eigenvalue weighted by atomic mass is 10.2. The number of hydrogen-bond acceptors (Lipinski definition) is 5. The summed E-state index contributed by atoms with van der Waals surface area (Å²) in [5.74, 6) is -0.424. The van der Waals surface area contributed by atoms with E-state index in [1.54, 1.807) is 19.1 Å². The van der Waals surface area contributed by atoms with Crippen molar-refractivity contribution in [3.05, 3.63) is 77.7 Å². The smallest absolute Gasteiger partial charge is 0.257 e. The molecule has 0 aliphatic rings. The van der Waals surface area contributed by atoms with Crippen molar-refractivity contribution in [2.24, 2.45) is 0 Å². The maximum Gasteiger partial charge on any atom is 0.257 e. The van der Waals surface area contributed by atoms with Crippen LogP contribution < -0.4 is 10.1 Å². The van der Waals surface area contributed by atoms with Gasteiger partial charge in [-0.25, -0.2) is 17.8 Å². The number of aromatic nitrogens is 1. The van der Waals surface area contributed by atoms with Crippen LogP contribution in [0.4, 0.5) is 10.1 Å². The highest BCUT2D eigenvalue weighted by Gasteiger charge is 2.20. The van der Waals surface area contributed by atoms with Crippen LogP contribution in [0.3, 0.4) is 0 Å². The van der Waals surface area contributed by atoms with Gasteiger partial charge >= 0.3 is 0 Å². The van der Waals surface area contributed by atoms with E-state index in [4.69, 9.17) is 4.74 Å². The number of methoxy groups -OCH3 is 1. The number of nitrogens with zero attached hydrogens (tertiary/aromatic N) is 1. The van der Waals surface area contributed by atoms with Gasteiger partial charge in [-0.3, -0.25) is 4.79 Å². The number of anilines is 1. The molecule has 0 aliphatic carbocycles. The minimum Gasteiger partial charge on any atom is -0.497 e. The Morgan fingerprint density at radius 2 is 1.79 bits per heavy atom. The molecule has 3 rings (SSSR count). The molecule has 1 aromatic heterocycles. The predicted octanol–water partition coefficient (Wildman–Crippen LogP) is 3.62. The lowest BCUT2D eigenvalue weighted by molar-refractivity contribution is 0.102. The van der Waals surface area contributed by atoms with E-state index in [1.165, 1.54) is 49.6 Å².